The van der Waals surface area contributed by atoms with Gasteiger partial charge in [-0.1, -0.05) is 37.6 Å². The van der Waals surface area contributed by atoms with Crippen molar-refractivity contribution in [2.24, 2.45) is 0 Å². The zero-order valence-corrected chi connectivity index (χ0v) is 20.0. The number of aromatic amines is 1. The van der Waals surface area contributed by atoms with Gasteiger partial charge in [-0.15, -0.1) is 0 Å². The zero-order chi connectivity index (χ0) is 23.8. The highest BCUT2D eigenvalue weighted by Gasteiger charge is 2.48. The number of piperazine rings is 1. The maximum absolute atomic E-state index is 13.6. The molecule has 7 heteroatoms. The second kappa shape index (κ2) is 9.05. The van der Waals surface area contributed by atoms with Crippen molar-refractivity contribution in [3.05, 3.63) is 59.3 Å². The summed E-state index contributed by atoms with van der Waals surface area (Å²) < 4.78 is 11.3. The molecule has 0 spiro atoms. The lowest BCUT2D eigenvalue weighted by atomic mass is 9.86. The predicted molar refractivity (Wildman–Crippen MR) is 130 cm³/mol. The average molecular weight is 462 g/mol. The minimum Gasteiger partial charge on any atom is -0.493 e. The summed E-state index contributed by atoms with van der Waals surface area (Å²) in [5.41, 5.74) is 3.97. The molecule has 2 atom stereocenters. The Balaban J connectivity index is 1.65. The van der Waals surface area contributed by atoms with Crippen LogP contribution in [0.1, 0.15) is 49.6 Å². The number of benzene rings is 2. The summed E-state index contributed by atoms with van der Waals surface area (Å²) >= 11 is 0. The Bertz CT molecular complexity index is 1230. The van der Waals surface area contributed by atoms with Gasteiger partial charge in [-0.2, -0.15) is 0 Å². The monoisotopic (exact) mass is 461 g/mol. The van der Waals surface area contributed by atoms with Gasteiger partial charge in [0.05, 0.1) is 26.3 Å². The van der Waals surface area contributed by atoms with E-state index < -0.39 is 12.1 Å². The fraction of sp³-hybridized carbons (Fsp3) is 0.407. The standard InChI is InChI=1S/C27H31N3O4/c1-4-6-13-29-16-24(31)30-21(27(29)32)15-19-18-9-7-8-10-20(18)28-25(19)26(30)17-11-12-22(34-5-2)23(14-17)33-3/h7-12,14,21,26,28H,4-6,13,15-16H2,1-3H3/t21-,26+/m0/s1. The van der Waals surface area contributed by atoms with E-state index in [2.05, 4.69) is 18.0 Å². The highest BCUT2D eigenvalue weighted by molar-refractivity contribution is 5.97. The first-order chi connectivity index (χ1) is 16.6. The number of rotatable bonds is 7. The lowest BCUT2D eigenvalue weighted by molar-refractivity contribution is -0.158. The van der Waals surface area contributed by atoms with Crippen molar-refractivity contribution < 1.29 is 19.1 Å². The molecule has 5 rings (SSSR count). The molecular formula is C27H31N3O4. The first-order valence-electron chi connectivity index (χ1n) is 12.1. The highest BCUT2D eigenvalue weighted by Crippen LogP contribution is 2.44. The van der Waals surface area contributed by atoms with Gasteiger partial charge in [0.2, 0.25) is 11.8 Å². The number of para-hydroxylation sites is 1. The number of amides is 2. The third-order valence-electron chi connectivity index (χ3n) is 6.93. The summed E-state index contributed by atoms with van der Waals surface area (Å²) in [4.78, 5) is 34.2. The lowest BCUT2D eigenvalue weighted by Crippen LogP contribution is -2.63. The number of nitrogens with one attached hydrogen (secondary N) is 1. The molecule has 2 amide bonds. The van der Waals surface area contributed by atoms with Crippen LogP contribution in [0.3, 0.4) is 0 Å². The van der Waals surface area contributed by atoms with Gasteiger partial charge in [-0.25, -0.2) is 0 Å². The van der Waals surface area contributed by atoms with Gasteiger partial charge in [-0.05, 0) is 42.7 Å². The molecular weight excluding hydrogens is 430 g/mol. The fourth-order valence-corrected chi connectivity index (χ4v) is 5.34. The molecule has 1 saturated heterocycles. The molecule has 0 radical (unpaired) electrons. The number of aromatic nitrogens is 1. The molecule has 0 saturated carbocycles. The zero-order valence-electron chi connectivity index (χ0n) is 20.0. The molecule has 3 aromatic rings. The molecule has 3 heterocycles. The second-order valence-electron chi connectivity index (χ2n) is 8.94. The van der Waals surface area contributed by atoms with E-state index in [9.17, 15) is 9.59 Å². The number of ether oxygens (including phenoxy) is 2. The molecule has 2 aliphatic heterocycles. The summed E-state index contributed by atoms with van der Waals surface area (Å²) in [5, 5.41) is 1.10. The minimum absolute atomic E-state index is 0.0251. The molecule has 178 valence electrons. The average Bonchev–Trinajstić information content (AvgIpc) is 3.23. The van der Waals surface area contributed by atoms with Crippen LogP contribution in [0.2, 0.25) is 0 Å². The maximum atomic E-state index is 13.6. The molecule has 0 unspecified atom stereocenters. The third kappa shape index (κ3) is 3.59. The van der Waals surface area contributed by atoms with Crippen molar-refractivity contribution in [2.75, 3.05) is 26.8 Å². The van der Waals surface area contributed by atoms with E-state index in [-0.39, 0.29) is 18.4 Å². The number of methoxy groups -OCH3 is 1. The van der Waals surface area contributed by atoms with Gasteiger partial charge >= 0.3 is 0 Å². The Morgan fingerprint density at radius 1 is 1.09 bits per heavy atom. The molecule has 2 aromatic carbocycles. The first-order valence-corrected chi connectivity index (χ1v) is 12.1. The van der Waals surface area contributed by atoms with Crippen molar-refractivity contribution in [3.63, 3.8) is 0 Å². The molecule has 0 aliphatic carbocycles. The van der Waals surface area contributed by atoms with Gasteiger partial charge in [0.1, 0.15) is 6.04 Å². The maximum Gasteiger partial charge on any atom is 0.246 e. The van der Waals surface area contributed by atoms with Crippen LogP contribution in [-0.4, -0.2) is 59.4 Å². The van der Waals surface area contributed by atoms with Crippen molar-refractivity contribution >= 4 is 22.7 Å². The van der Waals surface area contributed by atoms with Crippen LogP contribution in [-0.2, 0) is 16.0 Å². The van der Waals surface area contributed by atoms with E-state index in [1.54, 1.807) is 16.9 Å². The number of fused-ring (bicyclic) bond motifs is 4. The van der Waals surface area contributed by atoms with E-state index in [4.69, 9.17) is 9.47 Å². The van der Waals surface area contributed by atoms with Crippen molar-refractivity contribution in [1.29, 1.82) is 0 Å². The smallest absolute Gasteiger partial charge is 0.246 e. The highest BCUT2D eigenvalue weighted by atomic mass is 16.5. The van der Waals surface area contributed by atoms with Gasteiger partial charge < -0.3 is 24.3 Å². The predicted octanol–water partition coefficient (Wildman–Crippen LogP) is 4.06. The van der Waals surface area contributed by atoms with Gasteiger partial charge in [0, 0.05) is 29.6 Å². The molecule has 1 aromatic heterocycles. The van der Waals surface area contributed by atoms with Crippen LogP contribution in [0.15, 0.2) is 42.5 Å². The Morgan fingerprint density at radius 3 is 2.68 bits per heavy atom. The van der Waals surface area contributed by atoms with Crippen molar-refractivity contribution in [3.8, 4) is 11.5 Å². The number of carbonyl (C=O) groups excluding carboxylic acids is 2. The largest absolute Gasteiger partial charge is 0.493 e. The molecule has 1 fully saturated rings. The molecule has 34 heavy (non-hydrogen) atoms. The molecule has 1 N–H and O–H groups in total. The van der Waals surface area contributed by atoms with Crippen molar-refractivity contribution in [1.82, 2.24) is 14.8 Å². The van der Waals surface area contributed by atoms with Gasteiger partial charge in [0.15, 0.2) is 11.5 Å². The fourth-order valence-electron chi connectivity index (χ4n) is 5.34. The van der Waals surface area contributed by atoms with Gasteiger partial charge in [-0.3, -0.25) is 9.59 Å². The van der Waals surface area contributed by atoms with E-state index in [0.717, 1.165) is 40.6 Å². The van der Waals surface area contributed by atoms with Gasteiger partial charge in [0.25, 0.3) is 0 Å². The first kappa shape index (κ1) is 22.3. The Hall–Kier alpha value is -3.48. The number of carbonyl (C=O) groups is 2. The molecule has 0 bridgehead atoms. The summed E-state index contributed by atoms with van der Waals surface area (Å²) in [6.45, 7) is 5.29. The van der Waals surface area contributed by atoms with Crippen LogP contribution >= 0.6 is 0 Å². The topological polar surface area (TPSA) is 74.9 Å². The lowest BCUT2D eigenvalue weighted by Gasteiger charge is -2.47. The van der Waals surface area contributed by atoms with Crippen LogP contribution in [0.4, 0.5) is 0 Å². The number of hydrogen-bond donors (Lipinski definition) is 1. The van der Waals surface area contributed by atoms with E-state index in [1.807, 2.05) is 43.3 Å². The van der Waals surface area contributed by atoms with Crippen LogP contribution < -0.4 is 9.47 Å². The molecule has 7 nitrogen and oxygen atoms in total. The van der Waals surface area contributed by atoms with E-state index in [0.29, 0.717) is 31.1 Å². The third-order valence-corrected chi connectivity index (χ3v) is 6.93. The van der Waals surface area contributed by atoms with E-state index in [1.165, 1.54) is 0 Å². The molecule has 2 aliphatic rings. The number of H-pyrrole nitrogens is 1. The second-order valence-corrected chi connectivity index (χ2v) is 8.94. The normalized spacial score (nSPS) is 19.9. The van der Waals surface area contributed by atoms with Crippen LogP contribution in [0, 0.1) is 0 Å². The Labute approximate surface area is 199 Å². The summed E-state index contributed by atoms with van der Waals surface area (Å²) in [7, 11) is 1.61. The van der Waals surface area contributed by atoms with Crippen LogP contribution in [0.5, 0.6) is 11.5 Å². The summed E-state index contributed by atoms with van der Waals surface area (Å²) in [6, 6.07) is 13.0. The Kier molecular flexibility index (Phi) is 5.94. The van der Waals surface area contributed by atoms with Crippen molar-refractivity contribution in [2.45, 2.75) is 45.2 Å². The quantitative estimate of drug-likeness (QED) is 0.576. The van der Waals surface area contributed by atoms with Crippen LogP contribution in [0.25, 0.3) is 10.9 Å². The minimum atomic E-state index is -0.521. The SMILES string of the molecule is CCCCN1CC(=O)N2[C@H](c3ccc(OCC)c(OC)c3)c3[nH]c4ccccc4c3C[C@H]2C1=O. The number of hydrogen-bond acceptors (Lipinski definition) is 4. The summed E-state index contributed by atoms with van der Waals surface area (Å²) in [6.07, 6.45) is 2.38. The summed E-state index contributed by atoms with van der Waals surface area (Å²) in [5.74, 6) is 1.28. The number of nitrogens with zero attached hydrogens (tertiary/aromatic N) is 2. The number of unbranched alkanes of at least 4 members (excludes halogenated alkanes) is 1. The Morgan fingerprint density at radius 2 is 1.91 bits per heavy atom. The van der Waals surface area contributed by atoms with E-state index >= 15 is 0 Å².